The number of rotatable bonds is 3. The predicted molar refractivity (Wildman–Crippen MR) is 74.4 cm³/mol. The van der Waals surface area contributed by atoms with Crippen LogP contribution in [0, 0.1) is 17.3 Å². The SMILES string of the molecule is CNCC1CCCN(C(=O)C2CCCC2(C)C)C1. The maximum atomic E-state index is 12.7. The van der Waals surface area contributed by atoms with E-state index < -0.39 is 0 Å². The molecule has 1 saturated heterocycles. The Balaban J connectivity index is 1.96. The lowest BCUT2D eigenvalue weighted by Crippen LogP contribution is -2.46. The van der Waals surface area contributed by atoms with Gasteiger partial charge in [0.05, 0.1) is 0 Å². The van der Waals surface area contributed by atoms with Crippen molar-refractivity contribution in [3.8, 4) is 0 Å². The van der Waals surface area contributed by atoms with E-state index in [1.165, 1.54) is 25.7 Å². The highest BCUT2D eigenvalue weighted by Gasteiger charge is 2.41. The molecule has 2 fully saturated rings. The summed E-state index contributed by atoms with van der Waals surface area (Å²) in [6.07, 6.45) is 5.96. The molecule has 0 bridgehead atoms. The normalized spacial score (nSPS) is 31.6. The number of carbonyl (C=O) groups excluding carboxylic acids is 1. The van der Waals surface area contributed by atoms with Crippen LogP contribution in [0.5, 0.6) is 0 Å². The lowest BCUT2D eigenvalue weighted by atomic mass is 9.80. The second-order valence-electron chi connectivity index (χ2n) is 6.78. The third-order valence-corrected chi connectivity index (χ3v) is 4.88. The van der Waals surface area contributed by atoms with Gasteiger partial charge in [0, 0.05) is 19.0 Å². The molecule has 1 N–H and O–H groups in total. The van der Waals surface area contributed by atoms with Crippen molar-refractivity contribution in [3.05, 3.63) is 0 Å². The Labute approximate surface area is 111 Å². The summed E-state index contributed by atoms with van der Waals surface area (Å²) in [5.41, 5.74) is 0.215. The Morgan fingerprint density at radius 3 is 2.72 bits per heavy atom. The summed E-state index contributed by atoms with van der Waals surface area (Å²) in [7, 11) is 2.00. The molecule has 104 valence electrons. The lowest BCUT2D eigenvalue weighted by Gasteiger charge is -2.37. The summed E-state index contributed by atoms with van der Waals surface area (Å²) in [5, 5.41) is 3.24. The Morgan fingerprint density at radius 2 is 2.11 bits per heavy atom. The number of carbonyl (C=O) groups is 1. The summed E-state index contributed by atoms with van der Waals surface area (Å²) in [4.78, 5) is 14.8. The van der Waals surface area contributed by atoms with Crippen molar-refractivity contribution >= 4 is 5.91 Å². The fraction of sp³-hybridized carbons (Fsp3) is 0.933. The molecule has 1 heterocycles. The first-order valence-electron chi connectivity index (χ1n) is 7.48. The highest BCUT2D eigenvalue weighted by Crippen LogP contribution is 2.43. The van der Waals surface area contributed by atoms with E-state index in [0.29, 0.717) is 11.8 Å². The average molecular weight is 252 g/mol. The van der Waals surface area contributed by atoms with E-state index in [-0.39, 0.29) is 11.3 Å². The van der Waals surface area contributed by atoms with E-state index >= 15 is 0 Å². The summed E-state index contributed by atoms with van der Waals surface area (Å²) in [5.74, 6) is 1.35. The molecular formula is C15H28N2O. The monoisotopic (exact) mass is 252 g/mol. The molecule has 0 radical (unpaired) electrons. The maximum absolute atomic E-state index is 12.7. The first kappa shape index (κ1) is 13.9. The third kappa shape index (κ3) is 2.87. The van der Waals surface area contributed by atoms with Gasteiger partial charge in [0.25, 0.3) is 0 Å². The quantitative estimate of drug-likeness (QED) is 0.835. The second-order valence-corrected chi connectivity index (χ2v) is 6.78. The molecule has 0 aromatic heterocycles. The molecule has 3 nitrogen and oxygen atoms in total. The highest BCUT2D eigenvalue weighted by molar-refractivity contribution is 5.80. The number of nitrogens with zero attached hydrogens (tertiary/aromatic N) is 1. The Bertz CT molecular complexity index is 299. The lowest BCUT2D eigenvalue weighted by molar-refractivity contribution is -0.140. The van der Waals surface area contributed by atoms with Gasteiger partial charge in [-0.2, -0.15) is 0 Å². The molecular weight excluding hydrogens is 224 g/mol. The highest BCUT2D eigenvalue weighted by atomic mass is 16.2. The van der Waals surface area contributed by atoms with Gasteiger partial charge in [0.15, 0.2) is 0 Å². The van der Waals surface area contributed by atoms with E-state index in [1.807, 2.05) is 7.05 Å². The van der Waals surface area contributed by atoms with Crippen molar-refractivity contribution in [2.24, 2.45) is 17.3 Å². The zero-order valence-electron chi connectivity index (χ0n) is 12.2. The zero-order valence-corrected chi connectivity index (χ0v) is 12.2. The van der Waals surface area contributed by atoms with Crippen molar-refractivity contribution in [2.45, 2.75) is 46.0 Å². The minimum Gasteiger partial charge on any atom is -0.342 e. The van der Waals surface area contributed by atoms with Crippen molar-refractivity contribution < 1.29 is 4.79 Å². The summed E-state index contributed by atoms with van der Waals surface area (Å²) in [6.45, 7) is 7.50. The molecule has 1 aliphatic heterocycles. The minimum atomic E-state index is 0.215. The number of likely N-dealkylation sites (tertiary alicyclic amines) is 1. The van der Waals surface area contributed by atoms with Crippen molar-refractivity contribution in [1.29, 1.82) is 0 Å². The van der Waals surface area contributed by atoms with E-state index in [0.717, 1.165) is 26.1 Å². The van der Waals surface area contributed by atoms with E-state index in [2.05, 4.69) is 24.1 Å². The zero-order chi connectivity index (χ0) is 13.2. The summed E-state index contributed by atoms with van der Waals surface area (Å²) >= 11 is 0. The van der Waals surface area contributed by atoms with E-state index in [4.69, 9.17) is 0 Å². The second kappa shape index (κ2) is 5.60. The van der Waals surface area contributed by atoms with Gasteiger partial charge in [0.2, 0.25) is 5.91 Å². The molecule has 2 atom stereocenters. The number of piperidine rings is 1. The Morgan fingerprint density at radius 1 is 1.33 bits per heavy atom. The van der Waals surface area contributed by atoms with Gasteiger partial charge in [-0.05, 0) is 50.6 Å². The van der Waals surface area contributed by atoms with Crippen LogP contribution in [0.15, 0.2) is 0 Å². The minimum absolute atomic E-state index is 0.215. The predicted octanol–water partition coefficient (Wildman–Crippen LogP) is 2.27. The fourth-order valence-corrected chi connectivity index (χ4v) is 3.73. The van der Waals surface area contributed by atoms with Gasteiger partial charge in [-0.15, -0.1) is 0 Å². The Kier molecular flexibility index (Phi) is 4.31. The van der Waals surface area contributed by atoms with Gasteiger partial charge in [-0.3, -0.25) is 4.79 Å². The van der Waals surface area contributed by atoms with Crippen LogP contribution in [0.4, 0.5) is 0 Å². The molecule has 1 amide bonds. The largest absolute Gasteiger partial charge is 0.342 e. The van der Waals surface area contributed by atoms with Crippen LogP contribution in [-0.4, -0.2) is 37.5 Å². The number of hydrogen-bond acceptors (Lipinski definition) is 2. The van der Waals surface area contributed by atoms with Crippen LogP contribution in [0.1, 0.15) is 46.0 Å². The topological polar surface area (TPSA) is 32.3 Å². The molecule has 2 rings (SSSR count). The van der Waals surface area contributed by atoms with Gasteiger partial charge < -0.3 is 10.2 Å². The average Bonchev–Trinajstić information content (AvgIpc) is 2.69. The first-order chi connectivity index (χ1) is 8.54. The fourth-order valence-electron chi connectivity index (χ4n) is 3.73. The molecule has 0 spiro atoms. The van der Waals surface area contributed by atoms with Crippen LogP contribution >= 0.6 is 0 Å². The van der Waals surface area contributed by atoms with Crippen molar-refractivity contribution in [3.63, 3.8) is 0 Å². The molecule has 0 aromatic carbocycles. The molecule has 1 aliphatic carbocycles. The van der Waals surface area contributed by atoms with Crippen molar-refractivity contribution in [2.75, 3.05) is 26.7 Å². The molecule has 2 aliphatic rings. The molecule has 18 heavy (non-hydrogen) atoms. The smallest absolute Gasteiger partial charge is 0.226 e. The summed E-state index contributed by atoms with van der Waals surface area (Å²) in [6, 6.07) is 0. The van der Waals surface area contributed by atoms with Crippen LogP contribution in [0.2, 0.25) is 0 Å². The maximum Gasteiger partial charge on any atom is 0.226 e. The Hall–Kier alpha value is -0.570. The van der Waals surface area contributed by atoms with Gasteiger partial charge in [-0.25, -0.2) is 0 Å². The van der Waals surface area contributed by atoms with E-state index in [1.54, 1.807) is 0 Å². The third-order valence-electron chi connectivity index (χ3n) is 4.88. The first-order valence-corrected chi connectivity index (χ1v) is 7.48. The molecule has 2 unspecified atom stereocenters. The van der Waals surface area contributed by atoms with Crippen molar-refractivity contribution in [1.82, 2.24) is 10.2 Å². The van der Waals surface area contributed by atoms with Crippen LogP contribution in [0.3, 0.4) is 0 Å². The number of nitrogens with one attached hydrogen (secondary N) is 1. The van der Waals surface area contributed by atoms with Crippen LogP contribution in [-0.2, 0) is 4.79 Å². The summed E-state index contributed by atoms with van der Waals surface area (Å²) < 4.78 is 0. The molecule has 3 heteroatoms. The molecule has 0 aromatic rings. The van der Waals surface area contributed by atoms with Gasteiger partial charge >= 0.3 is 0 Å². The number of hydrogen-bond donors (Lipinski definition) is 1. The van der Waals surface area contributed by atoms with Crippen LogP contribution < -0.4 is 5.32 Å². The van der Waals surface area contributed by atoms with Crippen LogP contribution in [0.25, 0.3) is 0 Å². The molecule has 1 saturated carbocycles. The van der Waals surface area contributed by atoms with Gasteiger partial charge in [0.1, 0.15) is 0 Å². The number of amides is 1. The standard InChI is InChI=1S/C15H28N2O/c1-15(2)8-4-7-13(15)14(18)17-9-5-6-12(11-17)10-16-3/h12-13,16H,4-11H2,1-3H3. The van der Waals surface area contributed by atoms with Gasteiger partial charge in [-0.1, -0.05) is 20.3 Å². The van der Waals surface area contributed by atoms with E-state index in [9.17, 15) is 4.79 Å².